The molecule has 0 amide bonds. The largest absolute Gasteiger partial charge is 0.312 e. The molecule has 3 saturated heterocycles. The maximum atomic E-state index is 3.72. The SMILES string of the molecule is CCNC(Cc1ccc(Br)s1)C1CN2CCN1CC2. The van der Waals surface area contributed by atoms with E-state index in [9.17, 15) is 0 Å². The molecular formula is C14H22BrN3S. The molecule has 19 heavy (non-hydrogen) atoms. The smallest absolute Gasteiger partial charge is 0.0701 e. The van der Waals surface area contributed by atoms with Crippen molar-refractivity contribution in [2.45, 2.75) is 25.4 Å². The number of halogens is 1. The third kappa shape index (κ3) is 3.22. The molecule has 1 aromatic rings. The lowest BCUT2D eigenvalue weighted by Gasteiger charge is -2.50. The molecule has 4 rings (SSSR count). The van der Waals surface area contributed by atoms with Crippen molar-refractivity contribution in [3.05, 3.63) is 20.8 Å². The van der Waals surface area contributed by atoms with E-state index >= 15 is 0 Å². The van der Waals surface area contributed by atoms with Crippen LogP contribution in [0.5, 0.6) is 0 Å². The summed E-state index contributed by atoms with van der Waals surface area (Å²) in [7, 11) is 0. The molecule has 3 fully saturated rings. The third-order valence-electron chi connectivity index (χ3n) is 4.30. The summed E-state index contributed by atoms with van der Waals surface area (Å²) in [5.74, 6) is 0. The molecule has 1 N–H and O–H groups in total. The number of rotatable bonds is 5. The summed E-state index contributed by atoms with van der Waals surface area (Å²) in [4.78, 5) is 6.80. The monoisotopic (exact) mass is 343 g/mol. The number of likely N-dealkylation sites (N-methyl/N-ethyl adjacent to an activating group) is 1. The number of fused-ring (bicyclic) bond motifs is 3. The van der Waals surface area contributed by atoms with Gasteiger partial charge in [0.1, 0.15) is 0 Å². The molecule has 2 unspecified atom stereocenters. The predicted molar refractivity (Wildman–Crippen MR) is 85.0 cm³/mol. The van der Waals surface area contributed by atoms with E-state index in [1.54, 1.807) is 0 Å². The fourth-order valence-corrected chi connectivity index (χ4v) is 4.87. The molecule has 3 aliphatic heterocycles. The van der Waals surface area contributed by atoms with E-state index in [2.05, 4.69) is 50.1 Å². The van der Waals surface area contributed by atoms with Crippen molar-refractivity contribution < 1.29 is 0 Å². The molecule has 1 aromatic heterocycles. The number of nitrogens with one attached hydrogen (secondary N) is 1. The van der Waals surface area contributed by atoms with Gasteiger partial charge in [-0.3, -0.25) is 9.80 Å². The van der Waals surface area contributed by atoms with Gasteiger partial charge in [0.2, 0.25) is 0 Å². The number of thiophene rings is 1. The van der Waals surface area contributed by atoms with Crippen molar-refractivity contribution in [3.63, 3.8) is 0 Å². The predicted octanol–water partition coefficient (Wildman–Crippen LogP) is 2.03. The summed E-state index contributed by atoms with van der Waals surface area (Å²) in [6.45, 7) is 9.54. The summed E-state index contributed by atoms with van der Waals surface area (Å²) >= 11 is 5.44. The Bertz CT molecular complexity index is 415. The molecule has 0 aliphatic carbocycles. The minimum atomic E-state index is 0.582. The molecule has 3 aliphatic rings. The van der Waals surface area contributed by atoms with Crippen LogP contribution in [0.1, 0.15) is 11.8 Å². The van der Waals surface area contributed by atoms with Crippen LogP contribution in [0, 0.1) is 0 Å². The zero-order chi connectivity index (χ0) is 13.2. The minimum absolute atomic E-state index is 0.582. The van der Waals surface area contributed by atoms with Crippen LogP contribution in [0.15, 0.2) is 15.9 Å². The summed E-state index contributed by atoms with van der Waals surface area (Å²) in [6, 6.07) is 5.69. The number of nitrogens with zero attached hydrogens (tertiary/aromatic N) is 2. The first-order valence-corrected chi connectivity index (χ1v) is 8.81. The van der Waals surface area contributed by atoms with E-state index in [-0.39, 0.29) is 0 Å². The normalized spacial score (nSPS) is 31.6. The van der Waals surface area contributed by atoms with Gasteiger partial charge in [-0.1, -0.05) is 6.92 Å². The van der Waals surface area contributed by atoms with Crippen LogP contribution in [-0.2, 0) is 6.42 Å². The Morgan fingerprint density at radius 3 is 2.68 bits per heavy atom. The highest BCUT2D eigenvalue weighted by Crippen LogP contribution is 2.26. The molecule has 0 radical (unpaired) electrons. The third-order valence-corrected chi connectivity index (χ3v) is 5.95. The molecule has 0 aromatic carbocycles. The highest BCUT2D eigenvalue weighted by molar-refractivity contribution is 9.11. The van der Waals surface area contributed by atoms with E-state index in [0.29, 0.717) is 12.1 Å². The molecule has 0 saturated carbocycles. The maximum Gasteiger partial charge on any atom is 0.0701 e. The number of hydrogen-bond donors (Lipinski definition) is 1. The van der Waals surface area contributed by atoms with Crippen LogP contribution in [-0.4, -0.2) is 61.2 Å². The molecular weight excluding hydrogens is 322 g/mol. The van der Waals surface area contributed by atoms with Gasteiger partial charge in [0, 0.05) is 49.7 Å². The van der Waals surface area contributed by atoms with Crippen molar-refractivity contribution >= 4 is 27.3 Å². The van der Waals surface area contributed by atoms with Crippen LogP contribution in [0.4, 0.5) is 0 Å². The first kappa shape index (κ1) is 14.0. The van der Waals surface area contributed by atoms with Crippen LogP contribution in [0.2, 0.25) is 0 Å². The van der Waals surface area contributed by atoms with E-state index < -0.39 is 0 Å². The van der Waals surface area contributed by atoms with Crippen LogP contribution in [0.3, 0.4) is 0 Å². The van der Waals surface area contributed by atoms with Crippen molar-refractivity contribution in [1.29, 1.82) is 0 Å². The summed E-state index contributed by atoms with van der Waals surface area (Å²) < 4.78 is 1.24. The van der Waals surface area contributed by atoms with Crippen molar-refractivity contribution in [2.24, 2.45) is 0 Å². The van der Waals surface area contributed by atoms with Crippen LogP contribution < -0.4 is 5.32 Å². The standard InChI is InChI=1S/C14H22BrN3S/c1-2-16-12(9-11-3-4-14(15)19-11)13-10-17-5-7-18(13)8-6-17/h3-4,12-13,16H,2,5-10H2,1H3. The van der Waals surface area contributed by atoms with Gasteiger partial charge in [-0.2, -0.15) is 0 Å². The Labute approximate surface area is 128 Å². The molecule has 2 atom stereocenters. The molecule has 106 valence electrons. The van der Waals surface area contributed by atoms with Crippen molar-refractivity contribution in [2.75, 3.05) is 39.3 Å². The zero-order valence-corrected chi connectivity index (χ0v) is 13.8. The zero-order valence-electron chi connectivity index (χ0n) is 11.4. The van der Waals surface area contributed by atoms with Gasteiger partial charge in [0.05, 0.1) is 3.79 Å². The topological polar surface area (TPSA) is 18.5 Å². The van der Waals surface area contributed by atoms with Crippen LogP contribution in [0.25, 0.3) is 0 Å². The fraction of sp³-hybridized carbons (Fsp3) is 0.714. The van der Waals surface area contributed by atoms with Crippen molar-refractivity contribution in [1.82, 2.24) is 15.1 Å². The first-order chi connectivity index (χ1) is 9.26. The molecule has 2 bridgehead atoms. The lowest BCUT2D eigenvalue weighted by atomic mass is 9.97. The Morgan fingerprint density at radius 1 is 1.37 bits per heavy atom. The highest BCUT2D eigenvalue weighted by Gasteiger charge is 2.36. The summed E-state index contributed by atoms with van der Waals surface area (Å²) in [6.07, 6.45) is 1.15. The van der Waals surface area contributed by atoms with E-state index in [1.807, 2.05) is 11.3 Å². The van der Waals surface area contributed by atoms with Gasteiger partial charge in [-0.05, 0) is 41.0 Å². The van der Waals surface area contributed by atoms with E-state index in [0.717, 1.165) is 13.0 Å². The van der Waals surface area contributed by atoms with Gasteiger partial charge in [0.25, 0.3) is 0 Å². The first-order valence-electron chi connectivity index (χ1n) is 7.20. The van der Waals surface area contributed by atoms with Gasteiger partial charge in [0.15, 0.2) is 0 Å². The van der Waals surface area contributed by atoms with Crippen molar-refractivity contribution in [3.8, 4) is 0 Å². The molecule has 4 heterocycles. The van der Waals surface area contributed by atoms with E-state index in [4.69, 9.17) is 0 Å². The Morgan fingerprint density at radius 2 is 2.16 bits per heavy atom. The quantitative estimate of drug-likeness (QED) is 0.882. The van der Waals surface area contributed by atoms with Crippen LogP contribution >= 0.6 is 27.3 Å². The molecule has 3 nitrogen and oxygen atoms in total. The molecule has 0 spiro atoms. The summed E-state index contributed by atoms with van der Waals surface area (Å²) in [5.41, 5.74) is 0. The van der Waals surface area contributed by atoms with E-state index in [1.165, 1.54) is 41.4 Å². The second-order valence-electron chi connectivity index (χ2n) is 5.48. The molecule has 5 heteroatoms. The maximum absolute atomic E-state index is 3.72. The van der Waals surface area contributed by atoms with Gasteiger partial charge in [-0.15, -0.1) is 11.3 Å². The minimum Gasteiger partial charge on any atom is -0.312 e. The number of piperazine rings is 3. The number of hydrogen-bond acceptors (Lipinski definition) is 4. The highest BCUT2D eigenvalue weighted by atomic mass is 79.9. The second kappa shape index (κ2) is 6.22. The average Bonchev–Trinajstić information content (AvgIpc) is 2.85. The Hall–Kier alpha value is 0.0600. The summed E-state index contributed by atoms with van der Waals surface area (Å²) in [5, 5.41) is 3.72. The Kier molecular flexibility index (Phi) is 4.59. The van der Waals surface area contributed by atoms with Gasteiger partial charge in [-0.25, -0.2) is 0 Å². The second-order valence-corrected chi connectivity index (χ2v) is 8.03. The van der Waals surface area contributed by atoms with Gasteiger partial charge < -0.3 is 5.32 Å². The lowest BCUT2D eigenvalue weighted by Crippen LogP contribution is -2.66. The van der Waals surface area contributed by atoms with Gasteiger partial charge >= 0.3 is 0 Å². The Balaban J connectivity index is 1.69. The lowest BCUT2D eigenvalue weighted by molar-refractivity contribution is -0.00277. The fourth-order valence-electron chi connectivity index (χ4n) is 3.32. The average molecular weight is 344 g/mol.